The summed E-state index contributed by atoms with van der Waals surface area (Å²) in [6, 6.07) is 16.0. The molecule has 0 saturated carbocycles. The van der Waals surface area contributed by atoms with Gasteiger partial charge in [-0.15, -0.1) is 11.3 Å². The molecular formula is C19H18N2O4S2. The SMILES string of the molecule is Cc1ccc(Nc2ccccc2NS(=O)(=O)c2cc(C)c(C(=O)O)s2)cc1. The first-order valence-corrected chi connectivity index (χ1v) is 10.4. The number of carboxylic acid groups (broad SMARTS) is 1. The first-order chi connectivity index (χ1) is 12.8. The molecule has 27 heavy (non-hydrogen) atoms. The van der Waals surface area contributed by atoms with Crippen LogP contribution in [0, 0.1) is 13.8 Å². The van der Waals surface area contributed by atoms with E-state index < -0.39 is 16.0 Å². The molecule has 8 heteroatoms. The second-order valence-electron chi connectivity index (χ2n) is 6.02. The lowest BCUT2D eigenvalue weighted by Gasteiger charge is -2.13. The first-order valence-electron chi connectivity index (χ1n) is 8.05. The Bertz CT molecular complexity index is 1090. The van der Waals surface area contributed by atoms with Crippen LogP contribution in [-0.2, 0) is 10.0 Å². The summed E-state index contributed by atoms with van der Waals surface area (Å²) in [5.74, 6) is -1.14. The first kappa shape index (κ1) is 18.9. The molecule has 3 rings (SSSR count). The second-order valence-corrected chi connectivity index (χ2v) is 8.99. The fourth-order valence-corrected chi connectivity index (χ4v) is 4.92. The van der Waals surface area contributed by atoms with Gasteiger partial charge in [0.15, 0.2) is 0 Å². The summed E-state index contributed by atoms with van der Waals surface area (Å²) >= 11 is 0.735. The Hall–Kier alpha value is -2.84. The zero-order valence-electron chi connectivity index (χ0n) is 14.7. The number of sulfonamides is 1. The molecule has 0 fully saturated rings. The van der Waals surface area contributed by atoms with Gasteiger partial charge in [0.25, 0.3) is 10.0 Å². The van der Waals surface area contributed by atoms with Gasteiger partial charge in [-0.2, -0.15) is 0 Å². The summed E-state index contributed by atoms with van der Waals surface area (Å²) in [7, 11) is -3.90. The quantitative estimate of drug-likeness (QED) is 0.560. The Morgan fingerprint density at radius 3 is 2.22 bits per heavy atom. The molecular weight excluding hydrogens is 384 g/mol. The molecule has 0 saturated heterocycles. The van der Waals surface area contributed by atoms with Crippen LogP contribution in [0.25, 0.3) is 0 Å². The molecule has 3 N–H and O–H groups in total. The van der Waals surface area contributed by atoms with Crippen molar-refractivity contribution in [2.24, 2.45) is 0 Å². The maximum Gasteiger partial charge on any atom is 0.346 e. The van der Waals surface area contributed by atoms with Crippen molar-refractivity contribution < 1.29 is 18.3 Å². The van der Waals surface area contributed by atoms with Crippen LogP contribution in [0.4, 0.5) is 17.1 Å². The minimum absolute atomic E-state index is 0.0152. The molecule has 6 nitrogen and oxygen atoms in total. The van der Waals surface area contributed by atoms with Gasteiger partial charge in [0.05, 0.1) is 11.4 Å². The van der Waals surface area contributed by atoms with E-state index in [-0.39, 0.29) is 9.09 Å². The van der Waals surface area contributed by atoms with Gasteiger partial charge in [0.1, 0.15) is 9.09 Å². The van der Waals surface area contributed by atoms with Gasteiger partial charge in [0.2, 0.25) is 0 Å². The summed E-state index contributed by atoms with van der Waals surface area (Å²) in [5.41, 5.74) is 3.33. The highest BCUT2D eigenvalue weighted by molar-refractivity contribution is 7.94. The Balaban J connectivity index is 1.90. The Kier molecular flexibility index (Phi) is 5.20. The van der Waals surface area contributed by atoms with Gasteiger partial charge in [0, 0.05) is 5.69 Å². The fourth-order valence-electron chi connectivity index (χ4n) is 2.47. The van der Waals surface area contributed by atoms with Gasteiger partial charge in [-0.3, -0.25) is 4.72 Å². The average molecular weight is 402 g/mol. The molecule has 0 amide bonds. The number of aryl methyl sites for hydroxylation is 2. The van der Waals surface area contributed by atoms with E-state index in [1.807, 2.05) is 31.2 Å². The summed E-state index contributed by atoms with van der Waals surface area (Å²) in [6.07, 6.45) is 0. The van der Waals surface area contributed by atoms with Crippen molar-refractivity contribution in [1.82, 2.24) is 0 Å². The van der Waals surface area contributed by atoms with Crippen LogP contribution in [0.2, 0.25) is 0 Å². The van der Waals surface area contributed by atoms with E-state index in [9.17, 15) is 13.2 Å². The molecule has 0 radical (unpaired) electrons. The van der Waals surface area contributed by atoms with Crippen LogP contribution >= 0.6 is 11.3 Å². The lowest BCUT2D eigenvalue weighted by atomic mass is 10.2. The van der Waals surface area contributed by atoms with E-state index in [1.165, 1.54) is 6.07 Å². The minimum Gasteiger partial charge on any atom is -0.477 e. The van der Waals surface area contributed by atoms with Gasteiger partial charge in [-0.05, 0) is 49.7 Å². The molecule has 0 spiro atoms. The highest BCUT2D eigenvalue weighted by atomic mass is 32.2. The third-order valence-corrected chi connectivity index (χ3v) is 6.92. The van der Waals surface area contributed by atoms with Crippen molar-refractivity contribution in [2.75, 3.05) is 10.0 Å². The van der Waals surface area contributed by atoms with Crippen molar-refractivity contribution in [3.05, 3.63) is 70.6 Å². The second kappa shape index (κ2) is 7.42. The summed E-state index contributed by atoms with van der Waals surface area (Å²) in [4.78, 5) is 11.2. The van der Waals surface area contributed by atoms with Gasteiger partial charge >= 0.3 is 5.97 Å². The number of thiophene rings is 1. The number of para-hydroxylation sites is 2. The number of carboxylic acids is 1. The van der Waals surface area contributed by atoms with E-state index in [1.54, 1.807) is 31.2 Å². The number of benzene rings is 2. The van der Waals surface area contributed by atoms with Crippen LogP contribution in [0.15, 0.2) is 58.8 Å². The lowest BCUT2D eigenvalue weighted by molar-refractivity contribution is 0.0701. The zero-order chi connectivity index (χ0) is 19.6. The van der Waals surface area contributed by atoms with E-state index in [4.69, 9.17) is 5.11 Å². The normalized spacial score (nSPS) is 11.2. The maximum atomic E-state index is 12.7. The molecule has 0 aliphatic heterocycles. The topological polar surface area (TPSA) is 95.5 Å². The fraction of sp³-hybridized carbons (Fsp3) is 0.105. The predicted octanol–water partition coefficient (Wildman–Crippen LogP) is 4.61. The smallest absolute Gasteiger partial charge is 0.346 e. The van der Waals surface area contributed by atoms with Gasteiger partial charge < -0.3 is 10.4 Å². The van der Waals surface area contributed by atoms with E-state index in [0.29, 0.717) is 16.9 Å². The highest BCUT2D eigenvalue weighted by Crippen LogP contribution is 2.31. The molecule has 1 aromatic heterocycles. The van der Waals surface area contributed by atoms with E-state index in [0.717, 1.165) is 22.6 Å². The molecule has 0 bridgehead atoms. The van der Waals surface area contributed by atoms with Crippen LogP contribution in [0.5, 0.6) is 0 Å². The lowest BCUT2D eigenvalue weighted by Crippen LogP contribution is -2.12. The molecule has 0 aliphatic carbocycles. The van der Waals surface area contributed by atoms with Crippen LogP contribution in [0.1, 0.15) is 20.8 Å². The summed E-state index contributed by atoms with van der Waals surface area (Å²) in [5, 5.41) is 12.3. The average Bonchev–Trinajstić information content (AvgIpc) is 3.01. The van der Waals surface area contributed by atoms with Crippen molar-refractivity contribution >= 4 is 44.4 Å². The minimum atomic E-state index is -3.90. The standard InChI is InChI=1S/C19H18N2O4S2/c1-12-7-9-14(10-8-12)20-15-5-3-4-6-16(15)21-27(24,25)17-11-13(2)18(26-17)19(22)23/h3-11,20-21H,1-2H3,(H,22,23). The molecule has 140 valence electrons. The van der Waals surface area contributed by atoms with Crippen molar-refractivity contribution in [3.8, 4) is 0 Å². The molecule has 2 aromatic carbocycles. The Morgan fingerprint density at radius 2 is 1.63 bits per heavy atom. The van der Waals surface area contributed by atoms with Gasteiger partial charge in [-0.25, -0.2) is 13.2 Å². The molecule has 0 unspecified atom stereocenters. The highest BCUT2D eigenvalue weighted by Gasteiger charge is 2.22. The molecule has 3 aromatic rings. The number of nitrogens with one attached hydrogen (secondary N) is 2. The largest absolute Gasteiger partial charge is 0.477 e. The third kappa shape index (κ3) is 4.29. The van der Waals surface area contributed by atoms with E-state index in [2.05, 4.69) is 10.0 Å². The maximum absolute atomic E-state index is 12.7. The number of hydrogen-bond acceptors (Lipinski definition) is 5. The third-order valence-electron chi connectivity index (χ3n) is 3.86. The number of anilines is 3. The monoisotopic (exact) mass is 402 g/mol. The van der Waals surface area contributed by atoms with Crippen LogP contribution in [0.3, 0.4) is 0 Å². The Morgan fingerprint density at radius 1 is 1.00 bits per heavy atom. The summed E-state index contributed by atoms with van der Waals surface area (Å²) in [6.45, 7) is 3.56. The summed E-state index contributed by atoms with van der Waals surface area (Å²) < 4.78 is 27.9. The van der Waals surface area contributed by atoms with Crippen molar-refractivity contribution in [1.29, 1.82) is 0 Å². The van der Waals surface area contributed by atoms with Crippen LogP contribution < -0.4 is 10.0 Å². The number of aromatic carboxylic acids is 1. The van der Waals surface area contributed by atoms with Crippen LogP contribution in [-0.4, -0.2) is 19.5 Å². The molecule has 0 aliphatic rings. The number of carbonyl (C=O) groups is 1. The molecule has 1 heterocycles. The number of rotatable bonds is 6. The van der Waals surface area contributed by atoms with Gasteiger partial charge in [-0.1, -0.05) is 29.8 Å². The van der Waals surface area contributed by atoms with E-state index >= 15 is 0 Å². The van der Waals surface area contributed by atoms with Crippen molar-refractivity contribution in [2.45, 2.75) is 18.1 Å². The Labute approximate surface area is 161 Å². The van der Waals surface area contributed by atoms with Crippen molar-refractivity contribution in [3.63, 3.8) is 0 Å². The predicted molar refractivity (Wildman–Crippen MR) is 108 cm³/mol. The zero-order valence-corrected chi connectivity index (χ0v) is 16.3. The molecule has 0 atom stereocenters. The number of hydrogen-bond donors (Lipinski definition) is 3.